The van der Waals surface area contributed by atoms with Crippen molar-refractivity contribution < 1.29 is 29.2 Å². The summed E-state index contributed by atoms with van der Waals surface area (Å²) in [6, 6.07) is 18.0. The van der Waals surface area contributed by atoms with Gasteiger partial charge in [-0.3, -0.25) is 0 Å². The van der Waals surface area contributed by atoms with Gasteiger partial charge in [0.2, 0.25) is 0 Å². The third-order valence-corrected chi connectivity index (χ3v) is 7.47. The SMILES string of the molecule is CCCCOc1ccc(-c2cc(-c3ccc(OCCCC)cc3OCCCC)nc(-c3ccc(OCCCC)cc3O)n2)c(O)c1. The molecule has 1 heterocycles. The lowest BCUT2D eigenvalue weighted by atomic mass is 10.0. The fourth-order valence-electron chi connectivity index (χ4n) is 4.70. The van der Waals surface area contributed by atoms with Crippen molar-refractivity contribution in [3.05, 3.63) is 60.7 Å². The average molecular weight is 629 g/mol. The van der Waals surface area contributed by atoms with Crippen LogP contribution in [0.15, 0.2) is 60.7 Å². The number of unbranched alkanes of at least 4 members (excludes halogenated alkanes) is 4. The molecule has 0 amide bonds. The van der Waals surface area contributed by atoms with E-state index in [9.17, 15) is 10.2 Å². The van der Waals surface area contributed by atoms with Crippen LogP contribution in [-0.2, 0) is 0 Å². The van der Waals surface area contributed by atoms with Crippen LogP contribution in [0.2, 0.25) is 0 Å². The molecule has 8 nitrogen and oxygen atoms in total. The van der Waals surface area contributed by atoms with Gasteiger partial charge in [0, 0.05) is 29.3 Å². The molecule has 8 heteroatoms. The summed E-state index contributed by atoms with van der Waals surface area (Å²) in [6.07, 6.45) is 7.80. The van der Waals surface area contributed by atoms with Crippen molar-refractivity contribution >= 4 is 0 Å². The van der Waals surface area contributed by atoms with E-state index >= 15 is 0 Å². The molecule has 0 saturated carbocycles. The molecule has 0 radical (unpaired) electrons. The van der Waals surface area contributed by atoms with Crippen LogP contribution >= 0.6 is 0 Å². The van der Waals surface area contributed by atoms with Gasteiger partial charge in [0.05, 0.1) is 43.4 Å². The standard InChI is InChI=1S/C38H48N2O6/c1-5-9-19-43-27-13-16-30(35(41)23-27)33-26-34(31-17-14-29(45-21-11-7-3)25-37(31)46-22-12-8-4)40-38(39-33)32-18-15-28(24-36(32)42)44-20-10-6-2/h13-18,23-26,41-42H,5-12,19-22H2,1-4H3. The van der Waals surface area contributed by atoms with Crippen LogP contribution in [-0.4, -0.2) is 46.6 Å². The first-order valence-corrected chi connectivity index (χ1v) is 16.7. The van der Waals surface area contributed by atoms with Crippen molar-refractivity contribution in [3.63, 3.8) is 0 Å². The number of ether oxygens (including phenoxy) is 4. The number of hydrogen-bond donors (Lipinski definition) is 2. The van der Waals surface area contributed by atoms with Crippen LogP contribution in [0.5, 0.6) is 34.5 Å². The van der Waals surface area contributed by atoms with Crippen molar-refractivity contribution in [1.29, 1.82) is 0 Å². The van der Waals surface area contributed by atoms with E-state index < -0.39 is 0 Å². The van der Waals surface area contributed by atoms with E-state index in [-0.39, 0.29) is 11.5 Å². The maximum atomic E-state index is 11.1. The first kappa shape index (κ1) is 34.4. The van der Waals surface area contributed by atoms with Gasteiger partial charge in [-0.05, 0) is 68.1 Å². The van der Waals surface area contributed by atoms with E-state index in [4.69, 9.17) is 28.9 Å². The zero-order chi connectivity index (χ0) is 32.7. The van der Waals surface area contributed by atoms with Gasteiger partial charge in [0.15, 0.2) is 5.82 Å². The van der Waals surface area contributed by atoms with Crippen LogP contribution in [0.1, 0.15) is 79.1 Å². The Morgan fingerprint density at radius 2 is 0.891 bits per heavy atom. The van der Waals surface area contributed by atoms with E-state index in [0.717, 1.165) is 62.7 Å². The topological polar surface area (TPSA) is 103 Å². The fourth-order valence-corrected chi connectivity index (χ4v) is 4.70. The molecule has 46 heavy (non-hydrogen) atoms. The molecule has 0 aliphatic carbocycles. The van der Waals surface area contributed by atoms with E-state index in [1.54, 1.807) is 24.3 Å². The summed E-state index contributed by atoms with van der Waals surface area (Å²) in [7, 11) is 0. The highest BCUT2D eigenvalue weighted by Crippen LogP contribution is 2.39. The molecule has 4 rings (SSSR count). The van der Waals surface area contributed by atoms with Crippen LogP contribution in [0.3, 0.4) is 0 Å². The van der Waals surface area contributed by atoms with Gasteiger partial charge in [-0.2, -0.15) is 0 Å². The van der Waals surface area contributed by atoms with Gasteiger partial charge in [0.25, 0.3) is 0 Å². The number of rotatable bonds is 19. The molecule has 0 atom stereocenters. The highest BCUT2D eigenvalue weighted by molar-refractivity contribution is 5.78. The predicted octanol–water partition coefficient (Wildman–Crippen LogP) is 9.60. The molecule has 0 spiro atoms. The van der Waals surface area contributed by atoms with Gasteiger partial charge in [0.1, 0.15) is 34.5 Å². The molecule has 246 valence electrons. The number of aromatic nitrogens is 2. The third kappa shape index (κ3) is 9.52. The van der Waals surface area contributed by atoms with E-state index in [0.29, 0.717) is 72.0 Å². The molecule has 0 saturated heterocycles. The molecule has 1 aromatic heterocycles. The Kier molecular flexibility index (Phi) is 13.4. The summed E-state index contributed by atoms with van der Waals surface area (Å²) in [5, 5.41) is 22.2. The van der Waals surface area contributed by atoms with Gasteiger partial charge in [-0.25, -0.2) is 9.97 Å². The second-order valence-electron chi connectivity index (χ2n) is 11.3. The van der Waals surface area contributed by atoms with Crippen LogP contribution < -0.4 is 18.9 Å². The van der Waals surface area contributed by atoms with Crippen molar-refractivity contribution in [1.82, 2.24) is 9.97 Å². The highest BCUT2D eigenvalue weighted by Gasteiger charge is 2.19. The molecule has 4 aromatic rings. The number of phenols is 2. The normalized spacial score (nSPS) is 11.0. The molecule has 3 aromatic carbocycles. The minimum atomic E-state index is 0.0000776. The maximum absolute atomic E-state index is 11.1. The second kappa shape index (κ2) is 17.9. The molecule has 0 unspecified atom stereocenters. The smallest absolute Gasteiger partial charge is 0.164 e. The fraction of sp³-hybridized carbons (Fsp3) is 0.421. The summed E-state index contributed by atoms with van der Waals surface area (Å²) in [6.45, 7) is 10.8. The molecular weight excluding hydrogens is 580 g/mol. The largest absolute Gasteiger partial charge is 0.507 e. The Morgan fingerprint density at radius 3 is 1.37 bits per heavy atom. The molecule has 0 aliphatic rings. The third-order valence-electron chi connectivity index (χ3n) is 7.47. The van der Waals surface area contributed by atoms with E-state index in [1.165, 1.54) is 0 Å². The Bertz CT molecular complexity index is 1460. The lowest BCUT2D eigenvalue weighted by Gasteiger charge is -2.16. The summed E-state index contributed by atoms with van der Waals surface area (Å²) >= 11 is 0. The lowest BCUT2D eigenvalue weighted by molar-refractivity contribution is 0.295. The van der Waals surface area contributed by atoms with E-state index in [1.807, 2.05) is 36.4 Å². The highest BCUT2D eigenvalue weighted by atomic mass is 16.5. The molecule has 2 N–H and O–H groups in total. The number of benzene rings is 3. The second-order valence-corrected chi connectivity index (χ2v) is 11.3. The van der Waals surface area contributed by atoms with Crippen molar-refractivity contribution in [3.8, 4) is 68.4 Å². The number of nitrogens with zero attached hydrogens (tertiary/aromatic N) is 2. The Hall–Kier alpha value is -4.46. The maximum Gasteiger partial charge on any atom is 0.164 e. The monoisotopic (exact) mass is 628 g/mol. The van der Waals surface area contributed by atoms with Crippen LogP contribution in [0, 0.1) is 0 Å². The molecular formula is C38H48N2O6. The Morgan fingerprint density at radius 1 is 0.478 bits per heavy atom. The number of hydrogen-bond acceptors (Lipinski definition) is 8. The van der Waals surface area contributed by atoms with Crippen molar-refractivity contribution in [2.24, 2.45) is 0 Å². The summed E-state index contributed by atoms with van der Waals surface area (Å²) in [5.41, 5.74) is 2.78. The molecule has 0 fully saturated rings. The number of aromatic hydroxyl groups is 2. The van der Waals surface area contributed by atoms with Crippen LogP contribution in [0.4, 0.5) is 0 Å². The number of phenolic OH excluding ortho intramolecular Hbond substituents is 2. The first-order chi connectivity index (χ1) is 22.5. The average Bonchev–Trinajstić information content (AvgIpc) is 3.05. The Labute approximate surface area is 273 Å². The van der Waals surface area contributed by atoms with Gasteiger partial charge < -0.3 is 29.2 Å². The van der Waals surface area contributed by atoms with Gasteiger partial charge in [-0.15, -0.1) is 0 Å². The summed E-state index contributed by atoms with van der Waals surface area (Å²) < 4.78 is 23.9. The minimum absolute atomic E-state index is 0.0000776. The molecule has 0 aliphatic heterocycles. The zero-order valence-corrected chi connectivity index (χ0v) is 27.7. The summed E-state index contributed by atoms with van der Waals surface area (Å²) in [4.78, 5) is 9.74. The zero-order valence-electron chi connectivity index (χ0n) is 27.7. The van der Waals surface area contributed by atoms with Gasteiger partial charge in [-0.1, -0.05) is 53.4 Å². The van der Waals surface area contributed by atoms with Crippen molar-refractivity contribution in [2.75, 3.05) is 26.4 Å². The predicted molar refractivity (Wildman–Crippen MR) is 183 cm³/mol. The summed E-state index contributed by atoms with van der Waals surface area (Å²) in [5.74, 6) is 2.87. The van der Waals surface area contributed by atoms with Gasteiger partial charge >= 0.3 is 0 Å². The quantitative estimate of drug-likeness (QED) is 0.0990. The molecule has 0 bridgehead atoms. The Balaban J connectivity index is 1.81. The van der Waals surface area contributed by atoms with E-state index in [2.05, 4.69) is 27.7 Å². The minimum Gasteiger partial charge on any atom is -0.507 e. The first-order valence-electron chi connectivity index (χ1n) is 16.7. The van der Waals surface area contributed by atoms with Crippen molar-refractivity contribution in [2.45, 2.75) is 79.1 Å². The lowest BCUT2D eigenvalue weighted by Crippen LogP contribution is -2.02. The van der Waals surface area contributed by atoms with Crippen LogP contribution in [0.25, 0.3) is 33.9 Å².